The SMILES string of the molecule is CCC[C@H]1OC(=O)[C@@H](O)CCC=C[C@H](O)[C@@H]1O. The van der Waals surface area contributed by atoms with Crippen LogP contribution in [0.1, 0.15) is 32.6 Å². The molecule has 3 N–H and O–H groups in total. The summed E-state index contributed by atoms with van der Waals surface area (Å²) in [5, 5.41) is 29.0. The third-order valence-corrected chi connectivity index (χ3v) is 2.78. The molecule has 0 aliphatic carbocycles. The number of hydrogen-bond acceptors (Lipinski definition) is 5. The van der Waals surface area contributed by atoms with Crippen LogP contribution in [0.2, 0.25) is 0 Å². The molecular formula is C12H20O5. The van der Waals surface area contributed by atoms with E-state index in [0.29, 0.717) is 19.3 Å². The summed E-state index contributed by atoms with van der Waals surface area (Å²) in [7, 11) is 0. The van der Waals surface area contributed by atoms with Crippen molar-refractivity contribution in [2.45, 2.75) is 57.0 Å². The summed E-state index contributed by atoms with van der Waals surface area (Å²) in [5.41, 5.74) is 0. The lowest BCUT2D eigenvalue weighted by molar-refractivity contribution is -0.169. The minimum Gasteiger partial charge on any atom is -0.458 e. The molecule has 17 heavy (non-hydrogen) atoms. The number of rotatable bonds is 2. The van der Waals surface area contributed by atoms with E-state index in [1.165, 1.54) is 6.08 Å². The molecule has 1 aliphatic heterocycles. The van der Waals surface area contributed by atoms with Crippen molar-refractivity contribution in [3.8, 4) is 0 Å². The van der Waals surface area contributed by atoms with E-state index >= 15 is 0 Å². The predicted molar refractivity (Wildman–Crippen MR) is 61.2 cm³/mol. The van der Waals surface area contributed by atoms with Gasteiger partial charge in [0.25, 0.3) is 0 Å². The number of aliphatic hydroxyl groups is 3. The zero-order chi connectivity index (χ0) is 12.8. The first kappa shape index (κ1) is 14.2. The summed E-state index contributed by atoms with van der Waals surface area (Å²) in [6.45, 7) is 1.89. The van der Waals surface area contributed by atoms with E-state index in [0.717, 1.165) is 0 Å². The average Bonchev–Trinajstić information content (AvgIpc) is 2.31. The van der Waals surface area contributed by atoms with Gasteiger partial charge in [-0.25, -0.2) is 4.79 Å². The summed E-state index contributed by atoms with van der Waals surface area (Å²) in [5.74, 6) is -0.731. The second-order valence-corrected chi connectivity index (χ2v) is 4.27. The molecular weight excluding hydrogens is 224 g/mol. The number of aliphatic hydroxyl groups excluding tert-OH is 3. The van der Waals surface area contributed by atoms with Gasteiger partial charge in [-0.15, -0.1) is 0 Å². The average molecular weight is 244 g/mol. The number of cyclic esters (lactones) is 1. The minimum atomic E-state index is -1.17. The lowest BCUT2D eigenvalue weighted by Crippen LogP contribution is -2.41. The molecule has 5 heteroatoms. The molecule has 98 valence electrons. The van der Waals surface area contributed by atoms with Crippen molar-refractivity contribution < 1.29 is 24.9 Å². The van der Waals surface area contributed by atoms with Crippen LogP contribution >= 0.6 is 0 Å². The molecule has 0 saturated carbocycles. The standard InChI is InChI=1S/C12H20O5/c1-2-5-10-11(15)8(13)6-3-4-7-9(14)12(16)17-10/h3,6,8-11,13-15H,2,4-5,7H2,1H3/t8-,9-,10+,11-/m0/s1. The fourth-order valence-corrected chi connectivity index (χ4v) is 1.75. The van der Waals surface area contributed by atoms with Gasteiger partial charge in [0.15, 0.2) is 6.10 Å². The number of allylic oxidation sites excluding steroid dienone is 1. The summed E-state index contributed by atoms with van der Waals surface area (Å²) in [4.78, 5) is 11.5. The molecule has 0 bridgehead atoms. The normalized spacial score (nSPS) is 35.4. The van der Waals surface area contributed by atoms with E-state index < -0.39 is 30.4 Å². The molecule has 0 unspecified atom stereocenters. The van der Waals surface area contributed by atoms with Crippen LogP contribution < -0.4 is 0 Å². The lowest BCUT2D eigenvalue weighted by Gasteiger charge is -2.27. The first-order valence-electron chi connectivity index (χ1n) is 5.97. The Morgan fingerprint density at radius 1 is 1.41 bits per heavy atom. The van der Waals surface area contributed by atoms with Gasteiger partial charge in [0.1, 0.15) is 18.3 Å². The Hall–Kier alpha value is -0.910. The lowest BCUT2D eigenvalue weighted by atomic mass is 10.0. The Kier molecular flexibility index (Phi) is 5.61. The smallest absolute Gasteiger partial charge is 0.335 e. The third kappa shape index (κ3) is 4.11. The maximum atomic E-state index is 11.5. The molecule has 1 aliphatic rings. The number of carbonyl (C=O) groups excluding carboxylic acids is 1. The van der Waals surface area contributed by atoms with Crippen molar-refractivity contribution in [1.29, 1.82) is 0 Å². The van der Waals surface area contributed by atoms with Crippen molar-refractivity contribution in [2.75, 3.05) is 0 Å². The van der Waals surface area contributed by atoms with Crippen LogP contribution in [0.5, 0.6) is 0 Å². The van der Waals surface area contributed by atoms with Gasteiger partial charge in [0.2, 0.25) is 0 Å². The van der Waals surface area contributed by atoms with Crippen molar-refractivity contribution in [1.82, 2.24) is 0 Å². The molecule has 4 atom stereocenters. The van der Waals surface area contributed by atoms with Gasteiger partial charge in [-0.3, -0.25) is 0 Å². The largest absolute Gasteiger partial charge is 0.458 e. The van der Waals surface area contributed by atoms with Crippen molar-refractivity contribution in [2.24, 2.45) is 0 Å². The number of carbonyl (C=O) groups is 1. The molecule has 1 rings (SSSR count). The highest BCUT2D eigenvalue weighted by Crippen LogP contribution is 2.16. The van der Waals surface area contributed by atoms with Crippen molar-refractivity contribution in [3.63, 3.8) is 0 Å². The van der Waals surface area contributed by atoms with Gasteiger partial charge < -0.3 is 20.1 Å². The Bertz CT molecular complexity index is 276. The summed E-state index contributed by atoms with van der Waals surface area (Å²) >= 11 is 0. The minimum absolute atomic E-state index is 0.261. The molecule has 0 radical (unpaired) electrons. The third-order valence-electron chi connectivity index (χ3n) is 2.78. The highest BCUT2D eigenvalue weighted by atomic mass is 16.6. The molecule has 1 heterocycles. The van der Waals surface area contributed by atoms with Crippen LogP contribution in [0, 0.1) is 0 Å². The Morgan fingerprint density at radius 2 is 2.12 bits per heavy atom. The summed E-state index contributed by atoms with van der Waals surface area (Å²) in [6, 6.07) is 0. The van der Waals surface area contributed by atoms with E-state index in [9.17, 15) is 20.1 Å². The van der Waals surface area contributed by atoms with Crippen LogP contribution in [-0.4, -0.2) is 45.7 Å². The van der Waals surface area contributed by atoms with Crippen LogP contribution in [0.4, 0.5) is 0 Å². The van der Waals surface area contributed by atoms with Gasteiger partial charge in [-0.05, 0) is 19.3 Å². The zero-order valence-electron chi connectivity index (χ0n) is 9.95. The van der Waals surface area contributed by atoms with Gasteiger partial charge in [0, 0.05) is 0 Å². The molecule has 0 aromatic rings. The molecule has 0 fully saturated rings. The number of ether oxygens (including phenoxy) is 1. The topological polar surface area (TPSA) is 87.0 Å². The number of hydrogen-bond donors (Lipinski definition) is 3. The molecule has 0 amide bonds. The van der Waals surface area contributed by atoms with Crippen LogP contribution in [0.25, 0.3) is 0 Å². The van der Waals surface area contributed by atoms with Crippen molar-refractivity contribution in [3.05, 3.63) is 12.2 Å². The maximum absolute atomic E-state index is 11.5. The predicted octanol–water partition coefficient (Wildman–Crippen LogP) is 0.131. The van der Waals surface area contributed by atoms with Gasteiger partial charge >= 0.3 is 5.97 Å². The van der Waals surface area contributed by atoms with E-state index in [-0.39, 0.29) is 6.42 Å². The van der Waals surface area contributed by atoms with E-state index in [4.69, 9.17) is 4.74 Å². The Balaban J connectivity index is 2.80. The summed E-state index contributed by atoms with van der Waals surface area (Å²) < 4.78 is 5.03. The van der Waals surface area contributed by atoms with E-state index in [2.05, 4.69) is 0 Å². The fourth-order valence-electron chi connectivity index (χ4n) is 1.75. The second-order valence-electron chi connectivity index (χ2n) is 4.27. The Morgan fingerprint density at radius 3 is 2.76 bits per heavy atom. The molecule has 0 spiro atoms. The monoisotopic (exact) mass is 244 g/mol. The van der Waals surface area contributed by atoms with Gasteiger partial charge in [0.05, 0.1) is 0 Å². The molecule has 0 aromatic carbocycles. The highest BCUT2D eigenvalue weighted by molar-refractivity contribution is 5.74. The van der Waals surface area contributed by atoms with Crippen LogP contribution in [0.15, 0.2) is 12.2 Å². The van der Waals surface area contributed by atoms with Crippen LogP contribution in [0.3, 0.4) is 0 Å². The first-order chi connectivity index (χ1) is 8.06. The van der Waals surface area contributed by atoms with Gasteiger partial charge in [-0.2, -0.15) is 0 Å². The second kappa shape index (κ2) is 6.74. The highest BCUT2D eigenvalue weighted by Gasteiger charge is 2.30. The molecule has 0 saturated heterocycles. The van der Waals surface area contributed by atoms with E-state index in [1.807, 2.05) is 6.92 Å². The zero-order valence-corrected chi connectivity index (χ0v) is 9.95. The molecule has 0 aromatic heterocycles. The van der Waals surface area contributed by atoms with E-state index in [1.54, 1.807) is 6.08 Å². The molecule has 5 nitrogen and oxygen atoms in total. The quantitative estimate of drug-likeness (QED) is 0.475. The summed E-state index contributed by atoms with van der Waals surface area (Å²) in [6.07, 6.45) is 0.857. The first-order valence-corrected chi connectivity index (χ1v) is 5.97. The van der Waals surface area contributed by atoms with Crippen molar-refractivity contribution >= 4 is 5.97 Å². The van der Waals surface area contributed by atoms with Crippen LogP contribution in [-0.2, 0) is 9.53 Å². The Labute approximate surface area is 101 Å². The number of esters is 1. The maximum Gasteiger partial charge on any atom is 0.335 e. The van der Waals surface area contributed by atoms with Gasteiger partial charge in [-0.1, -0.05) is 25.5 Å². The fraction of sp³-hybridized carbons (Fsp3) is 0.750.